The van der Waals surface area contributed by atoms with Crippen LogP contribution in [-0.4, -0.2) is 10.5 Å². The molecule has 2 aromatic rings. The number of nitro groups is 1. The van der Waals surface area contributed by atoms with Crippen molar-refractivity contribution in [2.75, 3.05) is 0 Å². The van der Waals surface area contributed by atoms with Gasteiger partial charge in [-0.05, 0) is 56.7 Å². The van der Waals surface area contributed by atoms with Crippen LogP contribution in [0.2, 0.25) is 0 Å². The summed E-state index contributed by atoms with van der Waals surface area (Å²) in [6.45, 7) is 6.34. The van der Waals surface area contributed by atoms with Crippen molar-refractivity contribution in [3.8, 4) is 11.5 Å². The first-order chi connectivity index (χ1) is 11.4. The summed E-state index contributed by atoms with van der Waals surface area (Å²) in [7, 11) is 0. The van der Waals surface area contributed by atoms with E-state index in [1.807, 2.05) is 39.0 Å². The summed E-state index contributed by atoms with van der Waals surface area (Å²) in [5.74, 6) is 1.59. The molecular weight excluding hydrogens is 306 g/mol. The molecule has 2 aromatic carbocycles. The highest BCUT2D eigenvalue weighted by Gasteiger charge is 2.24. The molecule has 0 aliphatic carbocycles. The van der Waals surface area contributed by atoms with Crippen LogP contribution in [0.1, 0.15) is 30.5 Å². The van der Waals surface area contributed by atoms with Gasteiger partial charge in [-0.25, -0.2) is 0 Å². The number of non-ortho nitro benzene ring substituents is 1. The van der Waals surface area contributed by atoms with Gasteiger partial charge in [-0.15, -0.1) is 0 Å². The topological polar surface area (TPSA) is 61.6 Å². The first-order valence-corrected chi connectivity index (χ1v) is 7.74. The minimum Gasteiger partial charge on any atom is -0.488 e. The zero-order valence-electron chi connectivity index (χ0n) is 13.9. The Morgan fingerprint density at radius 3 is 2.54 bits per heavy atom. The number of hydrogen-bond donors (Lipinski definition) is 0. The maximum atomic E-state index is 10.7. The first kappa shape index (κ1) is 16.1. The Kier molecular flexibility index (Phi) is 4.01. The third-order valence-corrected chi connectivity index (χ3v) is 3.96. The molecule has 0 saturated carbocycles. The number of nitrogens with zero attached hydrogens (tertiary/aromatic N) is 1. The summed E-state index contributed by atoms with van der Waals surface area (Å²) in [5.41, 5.74) is 2.60. The van der Waals surface area contributed by atoms with Crippen molar-refractivity contribution in [3.63, 3.8) is 0 Å². The normalized spacial score (nSPS) is 14.6. The van der Waals surface area contributed by atoms with E-state index < -0.39 is 4.92 Å². The van der Waals surface area contributed by atoms with Crippen molar-refractivity contribution < 1.29 is 14.4 Å². The Labute approximate surface area is 140 Å². The van der Waals surface area contributed by atoms with Gasteiger partial charge in [-0.3, -0.25) is 10.1 Å². The van der Waals surface area contributed by atoms with Gasteiger partial charge in [0.1, 0.15) is 23.7 Å². The van der Waals surface area contributed by atoms with Gasteiger partial charge in [0.15, 0.2) is 0 Å². The number of nitro benzene ring substituents is 1. The first-order valence-electron chi connectivity index (χ1n) is 7.74. The summed E-state index contributed by atoms with van der Waals surface area (Å²) >= 11 is 0. The van der Waals surface area contributed by atoms with Gasteiger partial charge in [0, 0.05) is 23.3 Å². The second kappa shape index (κ2) is 6.00. The van der Waals surface area contributed by atoms with E-state index in [1.165, 1.54) is 12.1 Å². The zero-order valence-corrected chi connectivity index (χ0v) is 13.9. The van der Waals surface area contributed by atoms with Crippen LogP contribution < -0.4 is 9.47 Å². The van der Waals surface area contributed by atoms with Crippen molar-refractivity contribution in [3.05, 3.63) is 69.3 Å². The van der Waals surface area contributed by atoms with E-state index in [-0.39, 0.29) is 11.3 Å². The quantitative estimate of drug-likeness (QED) is 0.605. The average Bonchev–Trinajstić information content (AvgIpc) is 2.54. The monoisotopic (exact) mass is 325 g/mol. The summed E-state index contributed by atoms with van der Waals surface area (Å²) in [6, 6.07) is 10.3. The predicted molar refractivity (Wildman–Crippen MR) is 92.3 cm³/mol. The lowest BCUT2D eigenvalue weighted by Gasteiger charge is -2.29. The molecule has 0 fully saturated rings. The maximum Gasteiger partial charge on any atom is 0.269 e. The van der Waals surface area contributed by atoms with Gasteiger partial charge < -0.3 is 9.47 Å². The van der Waals surface area contributed by atoms with Gasteiger partial charge in [-0.2, -0.15) is 0 Å². The fourth-order valence-electron chi connectivity index (χ4n) is 2.58. The predicted octanol–water partition coefficient (Wildman–Crippen LogP) is 4.67. The molecule has 5 heteroatoms. The average molecular weight is 325 g/mol. The number of hydrogen-bond acceptors (Lipinski definition) is 4. The molecule has 1 aliphatic rings. The largest absolute Gasteiger partial charge is 0.488 e. The van der Waals surface area contributed by atoms with Crippen molar-refractivity contribution in [1.82, 2.24) is 0 Å². The summed E-state index contributed by atoms with van der Waals surface area (Å²) in [6.07, 6.45) is 4.10. The van der Waals surface area contributed by atoms with Crippen LogP contribution in [0.4, 0.5) is 5.69 Å². The van der Waals surface area contributed by atoms with E-state index in [2.05, 4.69) is 6.08 Å². The molecule has 1 heterocycles. The van der Waals surface area contributed by atoms with Gasteiger partial charge in [-0.1, -0.05) is 6.08 Å². The molecule has 0 amide bonds. The Morgan fingerprint density at radius 2 is 1.88 bits per heavy atom. The van der Waals surface area contributed by atoms with Crippen molar-refractivity contribution in [2.24, 2.45) is 0 Å². The molecule has 0 spiro atoms. The Hall–Kier alpha value is -2.82. The van der Waals surface area contributed by atoms with Crippen molar-refractivity contribution >= 4 is 11.8 Å². The molecule has 5 nitrogen and oxygen atoms in total. The van der Waals surface area contributed by atoms with E-state index in [0.29, 0.717) is 6.61 Å². The molecular formula is C19H19NO4. The van der Waals surface area contributed by atoms with E-state index >= 15 is 0 Å². The molecule has 1 aliphatic heterocycles. The second-order valence-electron chi connectivity index (χ2n) is 6.36. The van der Waals surface area contributed by atoms with Crippen LogP contribution in [0, 0.1) is 17.0 Å². The fraction of sp³-hybridized carbons (Fsp3) is 0.263. The molecule has 0 atom stereocenters. The molecule has 0 radical (unpaired) electrons. The van der Waals surface area contributed by atoms with Crippen LogP contribution in [-0.2, 0) is 6.61 Å². The SMILES string of the molecule is Cc1c(OCc2ccc([N+](=O)[O-])cc2)ccc2c1OC(C)(C)C=C2. The van der Waals surface area contributed by atoms with Crippen molar-refractivity contribution in [2.45, 2.75) is 33.0 Å². The van der Waals surface area contributed by atoms with Crippen molar-refractivity contribution in [1.29, 1.82) is 0 Å². The van der Waals surface area contributed by atoms with Crippen LogP contribution in [0.3, 0.4) is 0 Å². The molecule has 0 aromatic heterocycles. The van der Waals surface area contributed by atoms with E-state index in [4.69, 9.17) is 9.47 Å². The molecule has 0 N–H and O–H groups in total. The Bertz CT molecular complexity index is 807. The highest BCUT2D eigenvalue weighted by Crippen LogP contribution is 2.38. The fourth-order valence-corrected chi connectivity index (χ4v) is 2.58. The number of rotatable bonds is 4. The summed E-state index contributed by atoms with van der Waals surface area (Å²) in [4.78, 5) is 10.3. The van der Waals surface area contributed by atoms with E-state index in [1.54, 1.807) is 12.1 Å². The van der Waals surface area contributed by atoms with Crippen LogP contribution in [0.25, 0.3) is 6.08 Å². The van der Waals surface area contributed by atoms with Gasteiger partial charge in [0.25, 0.3) is 5.69 Å². The number of ether oxygens (including phenoxy) is 2. The maximum absolute atomic E-state index is 10.7. The highest BCUT2D eigenvalue weighted by atomic mass is 16.6. The smallest absolute Gasteiger partial charge is 0.269 e. The minimum atomic E-state index is -0.412. The summed E-state index contributed by atoms with van der Waals surface area (Å²) in [5, 5.41) is 10.7. The molecule has 3 rings (SSSR count). The third kappa shape index (κ3) is 3.25. The van der Waals surface area contributed by atoms with Crippen LogP contribution in [0.15, 0.2) is 42.5 Å². The van der Waals surface area contributed by atoms with Gasteiger partial charge in [0.05, 0.1) is 4.92 Å². The van der Waals surface area contributed by atoms with E-state index in [9.17, 15) is 10.1 Å². The second-order valence-corrected chi connectivity index (χ2v) is 6.36. The lowest BCUT2D eigenvalue weighted by atomic mass is 10.00. The van der Waals surface area contributed by atoms with Gasteiger partial charge in [0.2, 0.25) is 0 Å². The molecule has 24 heavy (non-hydrogen) atoms. The third-order valence-electron chi connectivity index (χ3n) is 3.96. The highest BCUT2D eigenvalue weighted by molar-refractivity contribution is 5.65. The number of benzene rings is 2. The Morgan fingerprint density at radius 1 is 1.17 bits per heavy atom. The minimum absolute atomic E-state index is 0.0751. The molecule has 0 bridgehead atoms. The lowest BCUT2D eigenvalue weighted by Crippen LogP contribution is -2.28. The zero-order chi connectivity index (χ0) is 17.3. The summed E-state index contributed by atoms with van der Waals surface area (Å²) < 4.78 is 11.9. The van der Waals surface area contributed by atoms with Crippen LogP contribution in [0.5, 0.6) is 11.5 Å². The number of fused-ring (bicyclic) bond motifs is 1. The molecule has 0 saturated heterocycles. The Balaban J connectivity index is 1.77. The van der Waals surface area contributed by atoms with Gasteiger partial charge >= 0.3 is 0 Å². The molecule has 124 valence electrons. The molecule has 0 unspecified atom stereocenters. The van der Waals surface area contributed by atoms with Crippen LogP contribution >= 0.6 is 0 Å². The standard InChI is InChI=1S/C19H19NO4/c1-13-17(9-6-15-10-11-19(2,3)24-18(13)15)23-12-14-4-7-16(8-5-14)20(21)22/h4-11H,12H2,1-3H3. The van der Waals surface area contributed by atoms with E-state index in [0.717, 1.165) is 28.2 Å². The lowest BCUT2D eigenvalue weighted by molar-refractivity contribution is -0.384.